The number of alkyl halides is 3. The third-order valence-electron chi connectivity index (χ3n) is 14.8. The molecule has 1 fully saturated rings. The van der Waals surface area contributed by atoms with Crippen molar-refractivity contribution < 1.29 is 76.0 Å². The lowest BCUT2D eigenvalue weighted by atomic mass is 9.89. The number of benzene rings is 2. The van der Waals surface area contributed by atoms with E-state index in [-0.39, 0.29) is 72.5 Å². The van der Waals surface area contributed by atoms with Gasteiger partial charge in [-0.05, 0) is 73.7 Å². The monoisotopic (exact) mass is 1140 g/mol. The van der Waals surface area contributed by atoms with E-state index in [0.29, 0.717) is 63.8 Å². The number of carboxylic acids is 2. The number of unbranched alkanes of at least 4 members (excludes halogenated alkanes) is 2. The van der Waals surface area contributed by atoms with Crippen LogP contribution in [0.2, 0.25) is 0 Å². The summed E-state index contributed by atoms with van der Waals surface area (Å²) in [5, 5.41) is 25.8. The lowest BCUT2D eigenvalue weighted by molar-refractivity contribution is -0.192. The van der Waals surface area contributed by atoms with Crippen LogP contribution in [-0.4, -0.2) is 173 Å². The fraction of sp³-hybridized carbons (Fsp3) is 0.603. The molecule has 0 radical (unpaired) electrons. The maximum absolute atomic E-state index is 14.7. The lowest BCUT2D eigenvalue weighted by Gasteiger charge is -2.41. The number of carbonyl (C=O) groups excluding carboxylic acids is 7. The van der Waals surface area contributed by atoms with E-state index in [9.17, 15) is 56.6 Å². The molecule has 23 heteroatoms. The maximum atomic E-state index is 14.7. The highest BCUT2D eigenvalue weighted by molar-refractivity contribution is 6.12. The van der Waals surface area contributed by atoms with Crippen LogP contribution in [0.25, 0.3) is 0 Å². The lowest BCUT2D eigenvalue weighted by Crippen LogP contribution is -2.60. The second kappa shape index (κ2) is 32.7. The normalized spacial score (nSPS) is 17.4. The van der Waals surface area contributed by atoms with Crippen molar-refractivity contribution in [3.8, 4) is 0 Å². The van der Waals surface area contributed by atoms with Crippen molar-refractivity contribution in [3.05, 3.63) is 77.9 Å². The Kier molecular flexibility index (Phi) is 27.6. The molecule has 81 heavy (non-hydrogen) atoms. The van der Waals surface area contributed by atoms with Gasteiger partial charge in [0.05, 0.1) is 42.7 Å². The van der Waals surface area contributed by atoms with Gasteiger partial charge in [-0.15, -0.1) is 0 Å². The molecule has 5 N–H and O–H groups in total. The fourth-order valence-corrected chi connectivity index (χ4v) is 10.4. The zero-order valence-electron chi connectivity index (χ0n) is 48.5. The van der Waals surface area contributed by atoms with E-state index in [0.717, 1.165) is 11.1 Å². The average molecular weight is 1140 g/mol. The van der Waals surface area contributed by atoms with Crippen LogP contribution in [0.4, 0.5) is 18.9 Å². The number of methoxy groups -OCH3 is 2. The Bertz CT molecular complexity index is 2460. The highest BCUT2D eigenvalue weighted by atomic mass is 19.4. The first kappa shape index (κ1) is 68.6. The molecule has 0 aromatic heterocycles. The van der Waals surface area contributed by atoms with Crippen LogP contribution in [-0.2, 0) is 65.6 Å². The zero-order valence-corrected chi connectivity index (χ0v) is 48.5. The molecule has 450 valence electrons. The largest absolute Gasteiger partial charge is 0.490 e. The van der Waals surface area contributed by atoms with E-state index in [1.807, 2.05) is 89.9 Å². The highest BCUT2D eigenvalue weighted by Gasteiger charge is 2.44. The average Bonchev–Trinajstić information content (AvgIpc) is 4.02. The zero-order chi connectivity index (χ0) is 60.9. The number of carbonyl (C=O) groups is 9. The number of ether oxygens (including phenoxy) is 2. The van der Waals surface area contributed by atoms with Crippen molar-refractivity contribution in [2.75, 3.05) is 46.7 Å². The number of likely N-dealkylation sites (tertiary alicyclic amines) is 1. The minimum absolute atomic E-state index is 0.0655. The molecule has 1 saturated heterocycles. The summed E-state index contributed by atoms with van der Waals surface area (Å²) in [5.41, 5.74) is 2.25. The van der Waals surface area contributed by atoms with Crippen LogP contribution in [0, 0.1) is 23.7 Å². The molecule has 0 aliphatic carbocycles. The summed E-state index contributed by atoms with van der Waals surface area (Å²) >= 11 is 0. The van der Waals surface area contributed by atoms with Crippen molar-refractivity contribution in [2.45, 2.75) is 161 Å². The minimum atomic E-state index is -5.08. The van der Waals surface area contributed by atoms with E-state index in [1.54, 1.807) is 42.0 Å². The van der Waals surface area contributed by atoms with Crippen molar-refractivity contribution in [2.24, 2.45) is 23.7 Å². The number of rotatable bonds is 30. The van der Waals surface area contributed by atoms with Crippen LogP contribution in [0.5, 0.6) is 0 Å². The SMILES string of the molecule is CC[C@H](C)[C@@H]([C@@H](CC(=O)N1CCC[C@H]1[C@H](OC)[C@@H](C)C(=O)N[C@@H](Cc1ccccc1)C(=O)O)OC)N(C)C(=O)[C@@H](NC(=O)[C@H](C(C)C)N(C)Cc1cccc(NC(=O)CCCCCN2C(=O)C=CC2=O)c1)C(C)C.O=C(O)C(F)(F)F. The molecule has 0 saturated carbocycles. The Morgan fingerprint density at radius 3 is 1.96 bits per heavy atom. The maximum Gasteiger partial charge on any atom is 0.490 e. The Morgan fingerprint density at radius 2 is 1.42 bits per heavy atom. The van der Waals surface area contributed by atoms with Gasteiger partial charge in [0.15, 0.2) is 0 Å². The summed E-state index contributed by atoms with van der Waals surface area (Å²) in [6.45, 7) is 14.5. The van der Waals surface area contributed by atoms with Crippen LogP contribution >= 0.6 is 0 Å². The van der Waals surface area contributed by atoms with Gasteiger partial charge in [-0.3, -0.25) is 43.4 Å². The molecule has 2 aromatic carbocycles. The smallest absolute Gasteiger partial charge is 0.480 e. The van der Waals surface area contributed by atoms with Crippen LogP contribution in [0.15, 0.2) is 66.7 Å². The molecule has 2 heterocycles. The molecule has 20 nitrogen and oxygen atoms in total. The molecule has 2 aliphatic heterocycles. The number of carboxylic acid groups (broad SMARTS) is 2. The summed E-state index contributed by atoms with van der Waals surface area (Å²) < 4.78 is 43.7. The predicted octanol–water partition coefficient (Wildman–Crippen LogP) is 6.07. The number of anilines is 1. The summed E-state index contributed by atoms with van der Waals surface area (Å²) in [6, 6.07) is 12.8. The van der Waals surface area contributed by atoms with E-state index < -0.39 is 72.4 Å². The Morgan fingerprint density at radius 1 is 0.802 bits per heavy atom. The fourth-order valence-electron chi connectivity index (χ4n) is 10.4. The van der Waals surface area contributed by atoms with Gasteiger partial charge in [-0.25, -0.2) is 9.59 Å². The Hall–Kier alpha value is -6.72. The first-order valence-corrected chi connectivity index (χ1v) is 27.5. The molecule has 2 aliphatic rings. The molecule has 9 atom stereocenters. The molecule has 0 bridgehead atoms. The van der Waals surface area contributed by atoms with Gasteiger partial charge in [-0.1, -0.05) is 104 Å². The van der Waals surface area contributed by atoms with Crippen LogP contribution < -0.4 is 16.0 Å². The van der Waals surface area contributed by atoms with Crippen molar-refractivity contribution in [3.63, 3.8) is 0 Å². The van der Waals surface area contributed by atoms with Crippen LogP contribution in [0.3, 0.4) is 0 Å². The van der Waals surface area contributed by atoms with E-state index in [2.05, 4.69) is 16.0 Å². The van der Waals surface area contributed by atoms with Gasteiger partial charge >= 0.3 is 18.1 Å². The number of hydrogen-bond acceptors (Lipinski definition) is 12. The summed E-state index contributed by atoms with van der Waals surface area (Å²) in [5.74, 6) is -7.41. The second-order valence-corrected chi connectivity index (χ2v) is 21.5. The number of likely N-dealkylation sites (N-methyl/N-ethyl adjacent to an activating group) is 2. The van der Waals surface area contributed by atoms with Crippen LogP contribution in [0.1, 0.15) is 111 Å². The van der Waals surface area contributed by atoms with Gasteiger partial charge in [-0.2, -0.15) is 13.2 Å². The number of nitrogens with zero attached hydrogens (tertiary/aromatic N) is 4. The molecule has 7 amide bonds. The third kappa shape index (κ3) is 20.6. The summed E-state index contributed by atoms with van der Waals surface area (Å²) in [7, 11) is 6.55. The Labute approximate surface area is 473 Å². The number of hydrogen-bond donors (Lipinski definition) is 5. The molecular formula is C58H84F3N7O13. The summed E-state index contributed by atoms with van der Waals surface area (Å²) in [4.78, 5) is 121. The highest BCUT2D eigenvalue weighted by Crippen LogP contribution is 2.30. The van der Waals surface area contributed by atoms with Crippen molar-refractivity contribution in [1.29, 1.82) is 0 Å². The summed E-state index contributed by atoms with van der Waals surface area (Å²) in [6.07, 6.45) is 0.0896. The van der Waals surface area contributed by atoms with E-state index >= 15 is 0 Å². The van der Waals surface area contributed by atoms with Gasteiger partial charge in [0.2, 0.25) is 29.5 Å². The van der Waals surface area contributed by atoms with Gasteiger partial charge in [0, 0.05) is 71.6 Å². The van der Waals surface area contributed by atoms with Gasteiger partial charge in [0.1, 0.15) is 12.1 Å². The van der Waals surface area contributed by atoms with E-state index in [4.69, 9.17) is 19.4 Å². The number of nitrogens with one attached hydrogen (secondary N) is 3. The first-order chi connectivity index (χ1) is 38.1. The predicted molar refractivity (Wildman–Crippen MR) is 296 cm³/mol. The number of aliphatic carboxylic acids is 2. The topological polar surface area (TPSA) is 262 Å². The third-order valence-corrected chi connectivity index (χ3v) is 14.8. The van der Waals surface area contributed by atoms with E-state index in [1.165, 1.54) is 31.3 Å². The quantitative estimate of drug-likeness (QED) is 0.0439. The first-order valence-electron chi connectivity index (χ1n) is 27.5. The standard InChI is InChI=1S/C56H83N7O11.C2HF3O2/c1-12-37(6)51(44(73-10)33-48(67)62-30-20-25-43(62)52(74-11)38(7)53(68)58-42(56(71)72)32-39-21-15-13-16-22-39)61(9)55(70)49(35(2)3)59-54(69)50(36(4)5)60(8)34-40-23-19-24-41(31-40)57-45(64)26-17-14-18-29-63-46(65)27-28-47(63)66;3-2(4,5)1(6)7/h13,15-16,19,21-24,27-28,31,35-38,42-44,49-52H,12,14,17-18,20,25-26,29-30,32-34H2,1-11H3,(H,57,64)(H,58,68)(H,59,69)(H,71,72);(H,6,7)/t37-,38+,42-,43-,44+,49-,50-,51-,52+;/m0./s1. The number of amides is 7. The van der Waals surface area contributed by atoms with Gasteiger partial charge < -0.3 is 45.4 Å². The van der Waals surface area contributed by atoms with Gasteiger partial charge in [0.25, 0.3) is 11.8 Å². The van der Waals surface area contributed by atoms with Crippen molar-refractivity contribution in [1.82, 2.24) is 30.2 Å². The minimum Gasteiger partial charge on any atom is -0.480 e. The molecule has 2 aromatic rings. The van der Waals surface area contributed by atoms with Crippen molar-refractivity contribution >= 4 is 59.0 Å². The second-order valence-electron chi connectivity index (χ2n) is 21.5. The number of halogens is 3. The molecule has 4 rings (SSSR count). The Balaban J connectivity index is 0.00000230. The molecule has 0 unspecified atom stereocenters. The number of imide groups is 1. The molecule has 0 spiro atoms. The molecular weight excluding hydrogens is 1060 g/mol.